The fourth-order valence-corrected chi connectivity index (χ4v) is 2.41. The van der Waals surface area contributed by atoms with Gasteiger partial charge in [-0.2, -0.15) is 0 Å². The highest BCUT2D eigenvalue weighted by atomic mass is 16.5. The molecule has 17 heavy (non-hydrogen) atoms. The Balaban J connectivity index is 1.94. The van der Waals surface area contributed by atoms with E-state index in [4.69, 9.17) is 4.74 Å². The third-order valence-corrected chi connectivity index (χ3v) is 3.15. The third-order valence-electron chi connectivity index (χ3n) is 3.15. The van der Waals surface area contributed by atoms with Crippen molar-refractivity contribution < 1.29 is 4.74 Å². The molecule has 3 heteroatoms. The Bertz CT molecular complexity index is 337. The van der Waals surface area contributed by atoms with Crippen LogP contribution in [0.3, 0.4) is 0 Å². The molecule has 0 aliphatic carbocycles. The zero-order valence-corrected chi connectivity index (χ0v) is 10.8. The van der Waals surface area contributed by atoms with Gasteiger partial charge in [-0.05, 0) is 19.0 Å². The van der Waals surface area contributed by atoms with Crippen LogP contribution < -0.4 is 5.32 Å². The summed E-state index contributed by atoms with van der Waals surface area (Å²) in [6.07, 6.45) is 0. The van der Waals surface area contributed by atoms with E-state index in [2.05, 4.69) is 54.4 Å². The summed E-state index contributed by atoms with van der Waals surface area (Å²) < 4.78 is 5.82. The van der Waals surface area contributed by atoms with Crippen molar-refractivity contribution in [2.75, 3.05) is 26.2 Å². The minimum Gasteiger partial charge on any atom is -0.358 e. The zero-order chi connectivity index (χ0) is 12.1. The molecule has 0 saturated carbocycles. The van der Waals surface area contributed by atoms with Crippen LogP contribution in [0.4, 0.5) is 0 Å². The van der Waals surface area contributed by atoms with Crippen LogP contribution in [0.1, 0.15) is 19.4 Å². The van der Waals surface area contributed by atoms with Crippen LogP contribution in [-0.4, -0.2) is 36.9 Å². The Morgan fingerprint density at radius 1 is 1.35 bits per heavy atom. The molecule has 1 heterocycles. The van der Waals surface area contributed by atoms with Gasteiger partial charge in [0.25, 0.3) is 0 Å². The molecule has 1 aromatic carbocycles. The lowest BCUT2D eigenvalue weighted by molar-refractivity contribution is -0.118. The molecule has 0 bridgehead atoms. The van der Waals surface area contributed by atoms with E-state index in [9.17, 15) is 0 Å². The topological polar surface area (TPSA) is 24.5 Å². The van der Waals surface area contributed by atoms with Gasteiger partial charge >= 0.3 is 0 Å². The van der Waals surface area contributed by atoms with Gasteiger partial charge in [-0.1, -0.05) is 37.3 Å². The minimum absolute atomic E-state index is 0.193. The number of nitrogens with one attached hydrogen (secondary N) is 1. The Morgan fingerprint density at radius 2 is 2.12 bits per heavy atom. The number of nitrogens with zero attached hydrogens (tertiary/aromatic N) is 1. The Morgan fingerprint density at radius 3 is 2.82 bits per heavy atom. The van der Waals surface area contributed by atoms with E-state index in [0.717, 1.165) is 32.8 Å². The molecule has 1 saturated heterocycles. The second-order valence-corrected chi connectivity index (χ2v) is 4.81. The van der Waals surface area contributed by atoms with E-state index in [1.165, 1.54) is 5.56 Å². The summed E-state index contributed by atoms with van der Waals surface area (Å²) in [4.78, 5) is 2.45. The lowest BCUT2D eigenvalue weighted by atomic mass is 10.1. The van der Waals surface area contributed by atoms with Gasteiger partial charge in [0.2, 0.25) is 0 Å². The first-order chi connectivity index (χ1) is 8.22. The van der Waals surface area contributed by atoms with Crippen LogP contribution in [0.2, 0.25) is 0 Å². The summed E-state index contributed by atoms with van der Waals surface area (Å²) in [6, 6.07) is 10.6. The molecule has 2 rings (SSSR count). The highest BCUT2D eigenvalue weighted by molar-refractivity contribution is 5.14. The van der Waals surface area contributed by atoms with Gasteiger partial charge in [0.15, 0.2) is 0 Å². The van der Waals surface area contributed by atoms with E-state index in [-0.39, 0.29) is 5.72 Å². The lowest BCUT2D eigenvalue weighted by Crippen LogP contribution is -2.57. The predicted octanol–water partition coefficient (Wildman–Crippen LogP) is 1.84. The number of rotatable bonds is 4. The van der Waals surface area contributed by atoms with Crippen LogP contribution in [-0.2, 0) is 11.3 Å². The van der Waals surface area contributed by atoms with Gasteiger partial charge in [-0.3, -0.25) is 10.2 Å². The molecule has 3 nitrogen and oxygen atoms in total. The van der Waals surface area contributed by atoms with E-state index >= 15 is 0 Å². The molecule has 1 N–H and O–H groups in total. The smallest absolute Gasteiger partial charge is 0.129 e. The molecule has 0 spiro atoms. The molecular weight excluding hydrogens is 212 g/mol. The van der Waals surface area contributed by atoms with Gasteiger partial charge in [0.1, 0.15) is 5.72 Å². The molecule has 1 unspecified atom stereocenters. The maximum Gasteiger partial charge on any atom is 0.129 e. The minimum atomic E-state index is -0.193. The largest absolute Gasteiger partial charge is 0.358 e. The Hall–Kier alpha value is -0.900. The fourth-order valence-electron chi connectivity index (χ4n) is 2.41. The quantitative estimate of drug-likeness (QED) is 0.860. The average Bonchev–Trinajstić information content (AvgIpc) is 2.30. The number of benzene rings is 1. The highest BCUT2D eigenvalue weighted by Gasteiger charge is 2.30. The SMILES string of the molecule is CCNC1(C)CN(Cc2ccccc2)CCO1. The van der Waals surface area contributed by atoms with E-state index < -0.39 is 0 Å². The number of morpholine rings is 1. The molecule has 1 aliphatic heterocycles. The second kappa shape index (κ2) is 5.63. The first kappa shape index (κ1) is 12.6. The lowest BCUT2D eigenvalue weighted by Gasteiger charge is -2.41. The Labute approximate surface area is 104 Å². The summed E-state index contributed by atoms with van der Waals surface area (Å²) in [7, 11) is 0. The number of likely N-dealkylation sites (N-methyl/N-ethyl adjacent to an activating group) is 1. The molecule has 1 atom stereocenters. The Kier molecular flexibility index (Phi) is 4.15. The van der Waals surface area contributed by atoms with Crippen molar-refractivity contribution in [3.63, 3.8) is 0 Å². The third kappa shape index (κ3) is 3.53. The summed E-state index contributed by atoms with van der Waals surface area (Å²) in [5, 5.41) is 3.41. The molecule has 1 aliphatic rings. The van der Waals surface area contributed by atoms with E-state index in [1.54, 1.807) is 0 Å². The van der Waals surface area contributed by atoms with Crippen molar-refractivity contribution >= 4 is 0 Å². The molecule has 0 radical (unpaired) electrons. The van der Waals surface area contributed by atoms with Crippen molar-refractivity contribution in [2.45, 2.75) is 26.1 Å². The van der Waals surface area contributed by atoms with Crippen LogP contribution >= 0.6 is 0 Å². The molecule has 1 aromatic rings. The number of ether oxygens (including phenoxy) is 1. The highest BCUT2D eigenvalue weighted by Crippen LogP contribution is 2.16. The van der Waals surface area contributed by atoms with Crippen LogP contribution in [0.15, 0.2) is 30.3 Å². The standard InChI is InChI=1S/C14H22N2O/c1-3-15-14(2)12-16(9-10-17-14)11-13-7-5-4-6-8-13/h4-8,15H,3,9-12H2,1-2H3. The summed E-state index contributed by atoms with van der Waals surface area (Å²) in [6.45, 7) is 8.95. The average molecular weight is 234 g/mol. The monoisotopic (exact) mass is 234 g/mol. The van der Waals surface area contributed by atoms with Crippen molar-refractivity contribution in [2.24, 2.45) is 0 Å². The molecule has 0 amide bonds. The van der Waals surface area contributed by atoms with Gasteiger partial charge < -0.3 is 4.74 Å². The van der Waals surface area contributed by atoms with Gasteiger partial charge in [0, 0.05) is 19.6 Å². The number of hydrogen-bond donors (Lipinski definition) is 1. The van der Waals surface area contributed by atoms with Crippen molar-refractivity contribution in [1.82, 2.24) is 10.2 Å². The summed E-state index contributed by atoms with van der Waals surface area (Å²) in [5.74, 6) is 0. The zero-order valence-electron chi connectivity index (χ0n) is 10.8. The predicted molar refractivity (Wildman–Crippen MR) is 69.8 cm³/mol. The normalized spacial score (nSPS) is 26.0. The molecule has 1 fully saturated rings. The van der Waals surface area contributed by atoms with Crippen molar-refractivity contribution in [1.29, 1.82) is 0 Å². The van der Waals surface area contributed by atoms with Gasteiger partial charge in [-0.25, -0.2) is 0 Å². The molecule has 0 aromatic heterocycles. The van der Waals surface area contributed by atoms with Crippen molar-refractivity contribution in [3.8, 4) is 0 Å². The van der Waals surface area contributed by atoms with E-state index in [0.29, 0.717) is 0 Å². The number of hydrogen-bond acceptors (Lipinski definition) is 3. The maximum absolute atomic E-state index is 5.82. The maximum atomic E-state index is 5.82. The summed E-state index contributed by atoms with van der Waals surface area (Å²) >= 11 is 0. The second-order valence-electron chi connectivity index (χ2n) is 4.81. The van der Waals surface area contributed by atoms with Crippen LogP contribution in [0.25, 0.3) is 0 Å². The first-order valence-corrected chi connectivity index (χ1v) is 6.37. The van der Waals surface area contributed by atoms with Crippen LogP contribution in [0.5, 0.6) is 0 Å². The molecule has 94 valence electrons. The van der Waals surface area contributed by atoms with Crippen LogP contribution in [0, 0.1) is 0 Å². The fraction of sp³-hybridized carbons (Fsp3) is 0.571. The molecular formula is C14H22N2O. The van der Waals surface area contributed by atoms with Crippen molar-refractivity contribution in [3.05, 3.63) is 35.9 Å². The summed E-state index contributed by atoms with van der Waals surface area (Å²) in [5.41, 5.74) is 1.18. The van der Waals surface area contributed by atoms with Gasteiger partial charge in [-0.15, -0.1) is 0 Å². The van der Waals surface area contributed by atoms with E-state index in [1.807, 2.05) is 0 Å². The van der Waals surface area contributed by atoms with Gasteiger partial charge in [0.05, 0.1) is 6.61 Å². The first-order valence-electron chi connectivity index (χ1n) is 6.37.